The van der Waals surface area contributed by atoms with Gasteiger partial charge in [0.15, 0.2) is 5.82 Å². The molecule has 1 saturated carbocycles. The number of aliphatic carboxylic acids is 1. The van der Waals surface area contributed by atoms with E-state index in [4.69, 9.17) is 9.63 Å². The molecule has 1 aliphatic carbocycles. The third kappa shape index (κ3) is 4.69. The second kappa shape index (κ2) is 8.70. The first-order chi connectivity index (χ1) is 13.4. The Hall–Kier alpha value is -2.45. The summed E-state index contributed by atoms with van der Waals surface area (Å²) in [4.78, 5) is 41.2. The van der Waals surface area contributed by atoms with E-state index in [2.05, 4.69) is 15.5 Å². The number of aromatic nitrogens is 2. The first-order valence-electron chi connectivity index (χ1n) is 10.0. The van der Waals surface area contributed by atoms with Gasteiger partial charge in [0, 0.05) is 32.9 Å². The molecule has 28 heavy (non-hydrogen) atoms. The summed E-state index contributed by atoms with van der Waals surface area (Å²) in [7, 11) is 0. The highest BCUT2D eigenvalue weighted by Gasteiger charge is 2.38. The van der Waals surface area contributed by atoms with Gasteiger partial charge in [-0.05, 0) is 19.3 Å². The number of nitrogens with one attached hydrogen (secondary N) is 1. The smallest absolute Gasteiger partial charge is 0.308 e. The molecule has 1 aliphatic heterocycles. The molecular weight excluding hydrogens is 364 g/mol. The van der Waals surface area contributed by atoms with Crippen molar-refractivity contribution in [2.45, 2.75) is 70.3 Å². The van der Waals surface area contributed by atoms with Crippen LogP contribution in [0.4, 0.5) is 0 Å². The lowest BCUT2D eigenvalue weighted by molar-refractivity contribution is -0.141. The quantitative estimate of drug-likeness (QED) is 0.705. The minimum absolute atomic E-state index is 0.102. The second-order valence-electron chi connectivity index (χ2n) is 7.85. The summed E-state index contributed by atoms with van der Waals surface area (Å²) in [6.07, 6.45) is 6.75. The van der Waals surface area contributed by atoms with Gasteiger partial charge in [-0.1, -0.05) is 30.8 Å². The van der Waals surface area contributed by atoms with Crippen LogP contribution in [0, 0.1) is 5.92 Å². The molecule has 9 nitrogen and oxygen atoms in total. The number of nitrogens with zero attached hydrogens (tertiary/aromatic N) is 3. The Morgan fingerprint density at radius 2 is 1.96 bits per heavy atom. The van der Waals surface area contributed by atoms with Gasteiger partial charge in [0.2, 0.25) is 17.7 Å². The molecule has 2 aliphatic rings. The van der Waals surface area contributed by atoms with E-state index in [-0.39, 0.29) is 24.8 Å². The maximum Gasteiger partial charge on any atom is 0.308 e. The van der Waals surface area contributed by atoms with Crippen LogP contribution in [0.3, 0.4) is 0 Å². The summed E-state index contributed by atoms with van der Waals surface area (Å²) in [5.41, 5.74) is -0.599. The van der Waals surface area contributed by atoms with Crippen LogP contribution in [0.25, 0.3) is 0 Å². The Kier molecular flexibility index (Phi) is 6.31. The molecule has 0 radical (unpaired) electrons. The fourth-order valence-corrected chi connectivity index (χ4v) is 4.18. The predicted molar refractivity (Wildman–Crippen MR) is 98.1 cm³/mol. The molecule has 2 heterocycles. The third-order valence-corrected chi connectivity index (χ3v) is 5.71. The fourth-order valence-electron chi connectivity index (χ4n) is 4.18. The summed E-state index contributed by atoms with van der Waals surface area (Å²) >= 11 is 0. The molecule has 1 aromatic heterocycles. The lowest BCUT2D eigenvalue weighted by atomic mass is 9.89. The van der Waals surface area contributed by atoms with E-state index in [9.17, 15) is 14.4 Å². The molecule has 1 unspecified atom stereocenters. The number of carboxylic acids is 1. The number of hydrogen-bond donors (Lipinski definition) is 2. The maximum absolute atomic E-state index is 12.3. The van der Waals surface area contributed by atoms with Crippen molar-refractivity contribution in [1.29, 1.82) is 0 Å². The highest BCUT2D eigenvalue weighted by molar-refractivity contribution is 5.78. The Morgan fingerprint density at radius 1 is 1.25 bits per heavy atom. The number of likely N-dealkylation sites (tertiary alicyclic amines) is 1. The lowest BCUT2D eigenvalue weighted by Crippen LogP contribution is -2.45. The maximum atomic E-state index is 12.3. The number of carboxylic acid groups (broad SMARTS) is 1. The average molecular weight is 392 g/mol. The van der Waals surface area contributed by atoms with Crippen LogP contribution < -0.4 is 5.32 Å². The van der Waals surface area contributed by atoms with Gasteiger partial charge in [0.05, 0.1) is 5.92 Å². The fraction of sp³-hybridized carbons (Fsp3) is 0.737. The second-order valence-corrected chi connectivity index (χ2v) is 7.85. The number of amides is 2. The number of aryl methyl sites for hydroxylation is 1. The van der Waals surface area contributed by atoms with Crippen LogP contribution in [0.2, 0.25) is 0 Å². The van der Waals surface area contributed by atoms with E-state index >= 15 is 0 Å². The van der Waals surface area contributed by atoms with Crippen LogP contribution in [-0.4, -0.2) is 51.0 Å². The molecule has 2 fully saturated rings. The summed E-state index contributed by atoms with van der Waals surface area (Å²) in [5.74, 6) is -0.708. The molecular formula is C19H28N4O5. The third-order valence-electron chi connectivity index (χ3n) is 5.71. The Morgan fingerprint density at radius 3 is 2.57 bits per heavy atom. The SMILES string of the molecule is CC(=O)NC1(c2noc(CCC(=O)N3CCC(C(=O)O)C3)n2)CCCCCC1. The van der Waals surface area contributed by atoms with Gasteiger partial charge < -0.3 is 19.8 Å². The van der Waals surface area contributed by atoms with Crippen molar-refractivity contribution in [2.24, 2.45) is 5.92 Å². The van der Waals surface area contributed by atoms with E-state index in [0.29, 0.717) is 31.1 Å². The van der Waals surface area contributed by atoms with Gasteiger partial charge in [0.1, 0.15) is 5.54 Å². The summed E-state index contributed by atoms with van der Waals surface area (Å²) in [5, 5.41) is 16.2. The molecule has 154 valence electrons. The monoisotopic (exact) mass is 392 g/mol. The van der Waals surface area contributed by atoms with Crippen molar-refractivity contribution in [3.05, 3.63) is 11.7 Å². The van der Waals surface area contributed by atoms with E-state index < -0.39 is 17.4 Å². The molecule has 2 N–H and O–H groups in total. The molecule has 1 aromatic rings. The van der Waals surface area contributed by atoms with E-state index in [1.165, 1.54) is 6.92 Å². The Balaban J connectivity index is 1.62. The van der Waals surface area contributed by atoms with Crippen LogP contribution in [0.5, 0.6) is 0 Å². The van der Waals surface area contributed by atoms with Crippen LogP contribution in [-0.2, 0) is 26.3 Å². The zero-order valence-electron chi connectivity index (χ0n) is 16.3. The molecule has 0 bridgehead atoms. The van der Waals surface area contributed by atoms with E-state index in [1.807, 2.05) is 0 Å². The van der Waals surface area contributed by atoms with Gasteiger partial charge in [0.25, 0.3) is 0 Å². The van der Waals surface area contributed by atoms with Gasteiger partial charge >= 0.3 is 5.97 Å². The van der Waals surface area contributed by atoms with Crippen LogP contribution >= 0.6 is 0 Å². The highest BCUT2D eigenvalue weighted by Crippen LogP contribution is 2.34. The molecule has 1 atom stereocenters. The largest absolute Gasteiger partial charge is 0.481 e. The Labute approximate surface area is 163 Å². The number of carbonyl (C=O) groups excluding carboxylic acids is 2. The van der Waals surface area contributed by atoms with E-state index in [0.717, 1.165) is 38.5 Å². The number of hydrogen-bond acceptors (Lipinski definition) is 6. The Bertz CT molecular complexity index is 724. The minimum Gasteiger partial charge on any atom is -0.481 e. The number of rotatable bonds is 6. The van der Waals surface area contributed by atoms with Crippen molar-refractivity contribution in [3.8, 4) is 0 Å². The summed E-state index contributed by atoms with van der Waals surface area (Å²) < 4.78 is 5.36. The normalized spacial score (nSPS) is 21.9. The van der Waals surface area contributed by atoms with Gasteiger partial charge in [-0.15, -0.1) is 0 Å². The standard InChI is InChI=1S/C19H28N4O5/c1-13(24)21-19(9-4-2-3-5-10-19)18-20-15(28-22-18)6-7-16(25)23-11-8-14(12-23)17(26)27/h14H,2-12H2,1H3,(H,21,24)(H,26,27). The first-order valence-corrected chi connectivity index (χ1v) is 10.0. The van der Waals surface area contributed by atoms with Crippen molar-refractivity contribution < 1.29 is 24.0 Å². The number of carbonyl (C=O) groups is 3. The summed E-state index contributed by atoms with van der Waals surface area (Å²) in [6.45, 7) is 2.22. The summed E-state index contributed by atoms with van der Waals surface area (Å²) in [6, 6.07) is 0. The molecule has 2 amide bonds. The zero-order valence-corrected chi connectivity index (χ0v) is 16.3. The van der Waals surface area contributed by atoms with E-state index in [1.54, 1.807) is 4.90 Å². The average Bonchev–Trinajstić information content (AvgIpc) is 3.27. The molecule has 1 saturated heterocycles. The molecule has 0 aromatic carbocycles. The lowest BCUT2D eigenvalue weighted by Gasteiger charge is -2.30. The minimum atomic E-state index is -0.858. The van der Waals surface area contributed by atoms with Crippen molar-refractivity contribution in [2.75, 3.05) is 13.1 Å². The van der Waals surface area contributed by atoms with Crippen molar-refractivity contribution in [3.63, 3.8) is 0 Å². The zero-order chi connectivity index (χ0) is 20.1. The van der Waals surface area contributed by atoms with Gasteiger partial charge in [-0.25, -0.2) is 0 Å². The van der Waals surface area contributed by atoms with Crippen LogP contribution in [0.15, 0.2) is 4.52 Å². The first kappa shape index (κ1) is 20.3. The van der Waals surface area contributed by atoms with Crippen molar-refractivity contribution >= 4 is 17.8 Å². The van der Waals surface area contributed by atoms with Gasteiger partial charge in [-0.3, -0.25) is 14.4 Å². The molecule has 9 heteroatoms. The molecule has 3 rings (SSSR count). The van der Waals surface area contributed by atoms with Crippen LogP contribution in [0.1, 0.15) is 70.0 Å². The van der Waals surface area contributed by atoms with Gasteiger partial charge in [-0.2, -0.15) is 4.98 Å². The topological polar surface area (TPSA) is 126 Å². The highest BCUT2D eigenvalue weighted by atomic mass is 16.5. The van der Waals surface area contributed by atoms with Crippen molar-refractivity contribution in [1.82, 2.24) is 20.4 Å². The predicted octanol–water partition coefficient (Wildman–Crippen LogP) is 1.62. The molecule has 0 spiro atoms.